The summed E-state index contributed by atoms with van der Waals surface area (Å²) in [6, 6.07) is 13.3. The molecule has 0 aromatic heterocycles. The summed E-state index contributed by atoms with van der Waals surface area (Å²) in [6.07, 6.45) is 0.268. The number of hydrogen-bond acceptors (Lipinski definition) is 3. The minimum Gasteiger partial charge on any atom is -0.491 e. The molecule has 1 aliphatic heterocycles. The number of halogens is 1. The van der Waals surface area contributed by atoms with Gasteiger partial charge >= 0.3 is 0 Å². The van der Waals surface area contributed by atoms with Crippen LogP contribution in [-0.2, 0) is 16.1 Å². The smallest absolute Gasteiger partial charge is 0.227 e. The van der Waals surface area contributed by atoms with Gasteiger partial charge < -0.3 is 15.0 Å². The number of ether oxygens (including phenoxy) is 1. The normalized spacial score (nSPS) is 16.7. The van der Waals surface area contributed by atoms with Crippen LogP contribution in [0, 0.1) is 11.7 Å². The molecule has 1 N–H and O–H groups in total. The van der Waals surface area contributed by atoms with Crippen molar-refractivity contribution in [1.82, 2.24) is 5.32 Å². The Balaban J connectivity index is 1.54. The molecule has 0 unspecified atom stereocenters. The van der Waals surface area contributed by atoms with E-state index >= 15 is 0 Å². The van der Waals surface area contributed by atoms with Gasteiger partial charge in [-0.2, -0.15) is 0 Å². The lowest BCUT2D eigenvalue weighted by Gasteiger charge is -2.16. The van der Waals surface area contributed by atoms with Crippen LogP contribution in [0.1, 0.15) is 25.8 Å². The van der Waals surface area contributed by atoms with Crippen LogP contribution >= 0.6 is 0 Å². The fourth-order valence-electron chi connectivity index (χ4n) is 3.05. The Morgan fingerprint density at radius 3 is 2.48 bits per heavy atom. The molecule has 0 saturated carbocycles. The summed E-state index contributed by atoms with van der Waals surface area (Å²) in [7, 11) is 0. The Morgan fingerprint density at radius 1 is 1.19 bits per heavy atom. The highest BCUT2D eigenvalue weighted by Crippen LogP contribution is 2.25. The number of anilines is 1. The first-order chi connectivity index (χ1) is 12.9. The maximum atomic E-state index is 13.0. The van der Waals surface area contributed by atoms with Crippen molar-refractivity contribution in [3.8, 4) is 5.75 Å². The van der Waals surface area contributed by atoms with Gasteiger partial charge in [0, 0.05) is 25.2 Å². The fraction of sp³-hybridized carbons (Fsp3) is 0.333. The monoisotopic (exact) mass is 370 g/mol. The number of hydrogen-bond donors (Lipinski definition) is 1. The van der Waals surface area contributed by atoms with Crippen molar-refractivity contribution in [2.24, 2.45) is 5.92 Å². The van der Waals surface area contributed by atoms with E-state index in [-0.39, 0.29) is 30.2 Å². The highest BCUT2D eigenvalue weighted by molar-refractivity contribution is 6.00. The number of nitrogens with one attached hydrogen (secondary N) is 1. The van der Waals surface area contributed by atoms with Gasteiger partial charge in [0.05, 0.1) is 12.0 Å². The molecule has 5 nitrogen and oxygen atoms in total. The summed E-state index contributed by atoms with van der Waals surface area (Å²) in [4.78, 5) is 26.2. The molecule has 1 aliphatic rings. The lowest BCUT2D eigenvalue weighted by Crippen LogP contribution is -2.32. The highest BCUT2D eigenvalue weighted by Gasteiger charge is 2.34. The van der Waals surface area contributed by atoms with Gasteiger partial charge in [0.2, 0.25) is 11.8 Å². The van der Waals surface area contributed by atoms with Gasteiger partial charge in [-0.3, -0.25) is 9.59 Å². The van der Waals surface area contributed by atoms with E-state index in [1.165, 1.54) is 17.0 Å². The van der Waals surface area contributed by atoms with Crippen LogP contribution in [0.2, 0.25) is 0 Å². The lowest BCUT2D eigenvalue weighted by atomic mass is 10.1. The Bertz CT molecular complexity index is 803. The van der Waals surface area contributed by atoms with Gasteiger partial charge in [0.1, 0.15) is 11.6 Å². The van der Waals surface area contributed by atoms with E-state index in [0.29, 0.717) is 18.8 Å². The van der Waals surface area contributed by atoms with Crippen LogP contribution < -0.4 is 15.0 Å². The number of rotatable bonds is 6. The first-order valence-corrected chi connectivity index (χ1v) is 9.01. The van der Waals surface area contributed by atoms with E-state index in [0.717, 1.165) is 11.3 Å². The van der Waals surface area contributed by atoms with E-state index in [1.54, 1.807) is 12.1 Å². The average molecular weight is 370 g/mol. The molecule has 0 aliphatic carbocycles. The van der Waals surface area contributed by atoms with Gasteiger partial charge in [-0.1, -0.05) is 12.1 Å². The van der Waals surface area contributed by atoms with Crippen molar-refractivity contribution in [3.05, 3.63) is 59.9 Å². The second-order valence-corrected chi connectivity index (χ2v) is 6.91. The quantitative estimate of drug-likeness (QED) is 0.849. The van der Waals surface area contributed by atoms with Crippen LogP contribution in [-0.4, -0.2) is 24.5 Å². The predicted octanol–water partition coefficient (Wildman–Crippen LogP) is 3.28. The largest absolute Gasteiger partial charge is 0.491 e. The van der Waals surface area contributed by atoms with E-state index in [2.05, 4.69) is 5.32 Å². The van der Waals surface area contributed by atoms with Crippen LogP contribution in [0.4, 0.5) is 10.1 Å². The zero-order chi connectivity index (χ0) is 19.4. The van der Waals surface area contributed by atoms with Crippen molar-refractivity contribution in [3.63, 3.8) is 0 Å². The van der Waals surface area contributed by atoms with Crippen molar-refractivity contribution >= 4 is 17.5 Å². The third kappa shape index (κ3) is 4.84. The molecule has 0 radical (unpaired) electrons. The molecule has 1 atom stereocenters. The maximum Gasteiger partial charge on any atom is 0.227 e. The second-order valence-electron chi connectivity index (χ2n) is 6.91. The maximum absolute atomic E-state index is 13.0. The number of nitrogens with zero attached hydrogens (tertiary/aromatic N) is 1. The van der Waals surface area contributed by atoms with Crippen molar-refractivity contribution < 1.29 is 18.7 Å². The third-order valence-corrected chi connectivity index (χ3v) is 4.40. The molecule has 1 heterocycles. The Morgan fingerprint density at radius 2 is 1.85 bits per heavy atom. The van der Waals surface area contributed by atoms with Crippen molar-refractivity contribution in [1.29, 1.82) is 0 Å². The van der Waals surface area contributed by atoms with Crippen LogP contribution in [0.25, 0.3) is 0 Å². The van der Waals surface area contributed by atoms with Crippen LogP contribution in [0.3, 0.4) is 0 Å². The van der Waals surface area contributed by atoms with Gasteiger partial charge in [-0.05, 0) is 55.8 Å². The average Bonchev–Trinajstić information content (AvgIpc) is 3.03. The third-order valence-electron chi connectivity index (χ3n) is 4.40. The number of benzene rings is 2. The van der Waals surface area contributed by atoms with Gasteiger partial charge in [-0.25, -0.2) is 4.39 Å². The molecule has 6 heteroatoms. The summed E-state index contributed by atoms with van der Waals surface area (Å²) in [5, 5.41) is 2.88. The molecule has 0 spiro atoms. The Hall–Kier alpha value is -2.89. The predicted molar refractivity (Wildman–Crippen MR) is 101 cm³/mol. The minimum absolute atomic E-state index is 0.111. The number of carbonyl (C=O) groups is 2. The summed E-state index contributed by atoms with van der Waals surface area (Å²) in [5.41, 5.74) is 1.57. The zero-order valence-corrected chi connectivity index (χ0v) is 15.4. The highest BCUT2D eigenvalue weighted by atomic mass is 19.1. The van der Waals surface area contributed by atoms with E-state index in [1.807, 2.05) is 38.1 Å². The molecule has 0 bridgehead atoms. The van der Waals surface area contributed by atoms with Crippen molar-refractivity contribution in [2.75, 3.05) is 11.4 Å². The lowest BCUT2D eigenvalue weighted by molar-refractivity contribution is -0.126. The molecule has 1 saturated heterocycles. The first-order valence-electron chi connectivity index (χ1n) is 9.01. The van der Waals surface area contributed by atoms with Gasteiger partial charge in [0.25, 0.3) is 0 Å². The SMILES string of the molecule is CC(C)Oc1ccc(CNC(=O)[C@@H]2CC(=O)N(c3ccc(F)cc3)C2)cc1. The van der Waals surface area contributed by atoms with E-state index < -0.39 is 5.92 Å². The second kappa shape index (κ2) is 8.20. The first kappa shape index (κ1) is 18.9. The van der Waals surface area contributed by atoms with E-state index in [4.69, 9.17) is 4.74 Å². The van der Waals surface area contributed by atoms with Crippen LogP contribution in [0.5, 0.6) is 5.75 Å². The Kier molecular flexibility index (Phi) is 5.74. The van der Waals surface area contributed by atoms with Gasteiger partial charge in [0.15, 0.2) is 0 Å². The molecule has 2 amide bonds. The summed E-state index contributed by atoms with van der Waals surface area (Å²) in [6.45, 7) is 4.62. The summed E-state index contributed by atoms with van der Waals surface area (Å²) in [5.74, 6) is -0.264. The minimum atomic E-state index is -0.411. The molecule has 2 aromatic carbocycles. The van der Waals surface area contributed by atoms with Gasteiger partial charge in [-0.15, -0.1) is 0 Å². The number of carbonyl (C=O) groups excluding carboxylic acids is 2. The molecule has 1 fully saturated rings. The molecule has 142 valence electrons. The zero-order valence-electron chi connectivity index (χ0n) is 15.4. The summed E-state index contributed by atoms with van der Waals surface area (Å²) < 4.78 is 18.6. The number of amides is 2. The molecule has 3 rings (SSSR count). The molecular formula is C21H23FN2O3. The molecule has 2 aromatic rings. The van der Waals surface area contributed by atoms with Crippen molar-refractivity contribution in [2.45, 2.75) is 32.9 Å². The molecular weight excluding hydrogens is 347 g/mol. The van der Waals surface area contributed by atoms with Crippen LogP contribution in [0.15, 0.2) is 48.5 Å². The summed E-state index contributed by atoms with van der Waals surface area (Å²) >= 11 is 0. The molecule has 27 heavy (non-hydrogen) atoms. The topological polar surface area (TPSA) is 58.6 Å². The fourth-order valence-corrected chi connectivity index (χ4v) is 3.05. The van der Waals surface area contributed by atoms with E-state index in [9.17, 15) is 14.0 Å². The Labute approximate surface area is 158 Å². The standard InChI is InChI=1S/C21H23FN2O3/c1-14(2)27-19-9-3-15(4-10-19)12-23-21(26)16-11-20(25)24(13-16)18-7-5-17(22)6-8-18/h3-10,14,16H,11-13H2,1-2H3,(H,23,26)/t16-/m1/s1.